The van der Waals surface area contributed by atoms with Crippen molar-refractivity contribution in [1.29, 1.82) is 0 Å². The molecule has 2 nitrogen and oxygen atoms in total. The Kier molecular flexibility index (Phi) is 1.96. The highest BCUT2D eigenvalue weighted by Gasteiger charge is 2.19. The molecule has 9 heavy (non-hydrogen) atoms. The van der Waals surface area contributed by atoms with Crippen molar-refractivity contribution in [3.8, 4) is 0 Å². The van der Waals surface area contributed by atoms with Gasteiger partial charge in [0.1, 0.15) is 5.78 Å². The van der Waals surface area contributed by atoms with Gasteiger partial charge in [-0.15, -0.1) is 0 Å². The lowest BCUT2D eigenvalue weighted by Crippen LogP contribution is -2.36. The van der Waals surface area contributed by atoms with Crippen LogP contribution in [0.25, 0.3) is 0 Å². The maximum absolute atomic E-state index is 10.8. The smallest absolute Gasteiger partial charge is 0.183 e. The number of carbonyl (C=O) groups is 1. The van der Waals surface area contributed by atoms with E-state index in [1.165, 1.54) is 4.81 Å². The minimum absolute atomic E-state index is 0.0451. The van der Waals surface area contributed by atoms with Gasteiger partial charge >= 0.3 is 0 Å². The maximum atomic E-state index is 10.8. The predicted molar refractivity (Wildman–Crippen MR) is 36.5 cm³/mol. The van der Waals surface area contributed by atoms with Crippen molar-refractivity contribution in [2.45, 2.75) is 12.2 Å². The highest BCUT2D eigenvalue weighted by molar-refractivity contribution is 6.25. The summed E-state index contributed by atoms with van der Waals surface area (Å²) in [6, 6.07) is 0. The van der Waals surface area contributed by atoms with Gasteiger partial charge in [-0.2, -0.15) is 0 Å². The van der Waals surface area contributed by atoms with Crippen LogP contribution in [0.1, 0.15) is 6.42 Å². The van der Waals surface area contributed by atoms with Crippen LogP contribution in [0.3, 0.4) is 0 Å². The summed E-state index contributed by atoms with van der Waals surface area (Å²) < 4.78 is 0. The van der Waals surface area contributed by atoms with Crippen molar-refractivity contribution in [2.75, 3.05) is 13.1 Å². The molecule has 0 aromatic carbocycles. The van der Waals surface area contributed by atoms with E-state index in [-0.39, 0.29) is 11.6 Å². The van der Waals surface area contributed by atoms with Crippen molar-refractivity contribution in [3.63, 3.8) is 0 Å². The molecule has 0 N–H and O–H groups in total. The summed E-state index contributed by atoms with van der Waals surface area (Å²) in [5.41, 5.74) is 0. The molecule has 0 bridgehead atoms. The van der Waals surface area contributed by atoms with Crippen LogP contribution < -0.4 is 0 Å². The largest absolute Gasteiger partial charge is 0.347 e. The molecule has 0 spiro atoms. The van der Waals surface area contributed by atoms with Gasteiger partial charge in [0, 0.05) is 6.54 Å². The van der Waals surface area contributed by atoms with E-state index < -0.39 is 0 Å². The third-order valence-electron chi connectivity index (χ3n) is 1.50. The molecule has 4 heteroatoms. The topological polar surface area (TPSA) is 20.3 Å². The van der Waals surface area contributed by atoms with Crippen LogP contribution in [0, 0.1) is 0 Å². The monoisotopic (exact) mass is 119 g/mol. The third-order valence-corrected chi connectivity index (χ3v) is 1.50. The van der Waals surface area contributed by atoms with Crippen molar-refractivity contribution in [1.82, 2.24) is 4.81 Å². The lowest BCUT2D eigenvalue weighted by Gasteiger charge is -2.25. The molecule has 1 rings (SSSR count). The lowest BCUT2D eigenvalue weighted by atomic mass is 9.78. The molecule has 1 aliphatic heterocycles. The number of nitrogens with zero attached hydrogens (tertiary/aromatic N) is 1. The molecule has 1 fully saturated rings. The fourth-order valence-electron chi connectivity index (χ4n) is 0.862. The van der Waals surface area contributed by atoms with Gasteiger partial charge in [-0.05, 0) is 18.8 Å². The Bertz CT molecular complexity index is 128. The van der Waals surface area contributed by atoms with Crippen molar-refractivity contribution in [3.05, 3.63) is 0 Å². The number of rotatable bonds is 0. The normalized spacial score (nSPS) is 30.7. The highest BCUT2D eigenvalue weighted by atomic mass is 16.1. The first-order chi connectivity index (χ1) is 4.20. The fraction of sp³-hybridized carbons (Fsp3) is 0.800. The summed E-state index contributed by atoms with van der Waals surface area (Å²) in [5.74, 6) is -0.228. The average Bonchev–Trinajstić information content (AvgIpc) is 1.80. The van der Waals surface area contributed by atoms with Crippen LogP contribution in [0.4, 0.5) is 0 Å². The Morgan fingerprint density at radius 3 is 2.78 bits per heavy atom. The number of carbonyl (C=O) groups excluding carboxylic acids is 1. The molecule has 0 aliphatic carbocycles. The molecular formula is C5H7B2NO. The molecule has 1 heterocycles. The van der Waals surface area contributed by atoms with Crippen LogP contribution in [0.15, 0.2) is 0 Å². The highest BCUT2D eigenvalue weighted by Crippen LogP contribution is 2.13. The SMILES string of the molecule is [B]C1CCN([B])CC1=O. The summed E-state index contributed by atoms with van der Waals surface area (Å²) in [4.78, 5) is 12.2. The van der Waals surface area contributed by atoms with E-state index in [1.807, 2.05) is 0 Å². The average molecular weight is 119 g/mol. The van der Waals surface area contributed by atoms with Gasteiger partial charge in [0.05, 0.1) is 7.85 Å². The van der Waals surface area contributed by atoms with E-state index >= 15 is 0 Å². The number of Topliss-reactive ketones (excluding diaryl/α,β-unsaturated/α-hetero) is 1. The van der Waals surface area contributed by atoms with Gasteiger partial charge in [0.25, 0.3) is 0 Å². The number of ketones is 1. The summed E-state index contributed by atoms with van der Waals surface area (Å²) in [5, 5.41) is 0. The molecule has 1 atom stereocenters. The van der Waals surface area contributed by atoms with Crippen LogP contribution in [-0.2, 0) is 4.79 Å². The Balaban J connectivity index is 2.44. The quantitative estimate of drug-likeness (QED) is 0.393. The lowest BCUT2D eigenvalue weighted by molar-refractivity contribution is -0.120. The first kappa shape index (κ1) is 6.87. The molecule has 0 aromatic heterocycles. The van der Waals surface area contributed by atoms with Gasteiger partial charge in [0.2, 0.25) is 0 Å². The molecule has 1 aliphatic rings. The zero-order chi connectivity index (χ0) is 6.85. The summed E-state index contributed by atoms with van der Waals surface area (Å²) in [6.07, 6.45) is 0.690. The standard InChI is InChI=1S/C5H7B2NO/c6-4-1-2-8(7)3-5(4)9/h4H,1-3H2. The van der Waals surface area contributed by atoms with Gasteiger partial charge in [0.15, 0.2) is 7.98 Å². The van der Waals surface area contributed by atoms with Crippen LogP contribution in [0.2, 0.25) is 5.82 Å². The molecule has 44 valence electrons. The van der Waals surface area contributed by atoms with E-state index in [9.17, 15) is 4.79 Å². The zero-order valence-electron chi connectivity index (χ0n) is 5.21. The second-order valence-electron chi connectivity index (χ2n) is 2.33. The van der Waals surface area contributed by atoms with Crippen LogP contribution in [0.5, 0.6) is 0 Å². The minimum atomic E-state index is -0.273. The Hall–Kier alpha value is -0.240. The molecule has 4 radical (unpaired) electrons. The van der Waals surface area contributed by atoms with E-state index in [1.54, 1.807) is 0 Å². The Labute approximate surface area is 57.4 Å². The van der Waals surface area contributed by atoms with Crippen LogP contribution in [-0.4, -0.2) is 39.5 Å². The molecule has 0 amide bonds. The fourth-order valence-corrected chi connectivity index (χ4v) is 0.862. The molecular weight excluding hydrogens is 112 g/mol. The summed E-state index contributed by atoms with van der Waals surface area (Å²) in [6.45, 7) is 1.04. The first-order valence-corrected chi connectivity index (χ1v) is 2.98. The van der Waals surface area contributed by atoms with E-state index in [2.05, 4.69) is 0 Å². The third kappa shape index (κ3) is 1.58. The number of piperidine rings is 1. The zero-order valence-corrected chi connectivity index (χ0v) is 5.21. The maximum Gasteiger partial charge on any atom is 0.183 e. The predicted octanol–water partition coefficient (Wildman–Crippen LogP) is -0.698. The minimum Gasteiger partial charge on any atom is -0.347 e. The molecule has 1 saturated heterocycles. The van der Waals surface area contributed by atoms with Gasteiger partial charge < -0.3 is 4.81 Å². The second-order valence-corrected chi connectivity index (χ2v) is 2.33. The van der Waals surface area contributed by atoms with E-state index in [0.29, 0.717) is 13.0 Å². The van der Waals surface area contributed by atoms with Crippen molar-refractivity contribution >= 4 is 21.6 Å². The molecule has 1 unspecified atom stereocenters. The first-order valence-electron chi connectivity index (χ1n) is 2.98. The van der Waals surface area contributed by atoms with Crippen molar-refractivity contribution in [2.24, 2.45) is 0 Å². The van der Waals surface area contributed by atoms with E-state index in [0.717, 1.165) is 6.54 Å². The van der Waals surface area contributed by atoms with Crippen molar-refractivity contribution < 1.29 is 4.79 Å². The Morgan fingerprint density at radius 1 is 1.67 bits per heavy atom. The van der Waals surface area contributed by atoms with E-state index in [4.69, 9.17) is 15.8 Å². The number of hydrogen-bond acceptors (Lipinski definition) is 2. The summed E-state index contributed by atoms with van der Waals surface area (Å²) >= 11 is 0. The molecule has 0 aromatic rings. The van der Waals surface area contributed by atoms with Gasteiger partial charge in [-0.1, -0.05) is 0 Å². The molecule has 0 saturated carbocycles. The van der Waals surface area contributed by atoms with Gasteiger partial charge in [-0.3, -0.25) is 4.79 Å². The second kappa shape index (κ2) is 2.56. The Morgan fingerprint density at radius 2 is 2.33 bits per heavy atom. The summed E-state index contributed by atoms with van der Waals surface area (Å²) in [7, 11) is 10.8. The van der Waals surface area contributed by atoms with Crippen LogP contribution >= 0.6 is 0 Å². The van der Waals surface area contributed by atoms with Gasteiger partial charge in [-0.25, -0.2) is 0 Å². The number of hydrogen-bond donors (Lipinski definition) is 0.